The highest BCUT2D eigenvalue weighted by Crippen LogP contribution is 2.24. The average molecular weight is 343 g/mol. The van der Waals surface area contributed by atoms with Crippen LogP contribution in [0.2, 0.25) is 0 Å². The highest BCUT2D eigenvalue weighted by Gasteiger charge is 2.27. The Kier molecular flexibility index (Phi) is 4.78. The molecule has 0 radical (unpaired) electrons. The molecule has 1 aliphatic rings. The zero-order valence-electron chi connectivity index (χ0n) is 14.3. The summed E-state index contributed by atoms with van der Waals surface area (Å²) in [6, 6.07) is 5.83. The molecule has 25 heavy (non-hydrogen) atoms. The summed E-state index contributed by atoms with van der Waals surface area (Å²) in [7, 11) is 0. The van der Waals surface area contributed by atoms with Crippen molar-refractivity contribution in [2.75, 3.05) is 0 Å². The molecule has 8 nitrogen and oxygen atoms in total. The van der Waals surface area contributed by atoms with Gasteiger partial charge < -0.3 is 9.88 Å². The number of carbonyl (C=O) groups excluding carboxylic acids is 1. The molecule has 0 saturated carbocycles. The van der Waals surface area contributed by atoms with Crippen LogP contribution < -0.4 is 5.32 Å². The lowest BCUT2D eigenvalue weighted by atomic mass is 10.0. The highest BCUT2D eigenvalue weighted by atomic mass is 16.6. The van der Waals surface area contributed by atoms with Gasteiger partial charge in [0.2, 0.25) is 5.91 Å². The quantitative estimate of drug-likeness (QED) is 0.640. The number of non-ortho nitro benzene ring substituents is 1. The molecule has 1 amide bonds. The van der Waals surface area contributed by atoms with E-state index in [9.17, 15) is 14.9 Å². The van der Waals surface area contributed by atoms with Crippen molar-refractivity contribution in [1.82, 2.24) is 20.1 Å². The molecule has 0 bridgehead atoms. The van der Waals surface area contributed by atoms with Crippen LogP contribution in [0, 0.1) is 16.0 Å². The molecular formula is C17H21N5O3. The zero-order valence-corrected chi connectivity index (χ0v) is 14.3. The summed E-state index contributed by atoms with van der Waals surface area (Å²) in [6.07, 6.45) is 2.15. The van der Waals surface area contributed by atoms with Gasteiger partial charge in [-0.15, -0.1) is 10.2 Å². The third kappa shape index (κ3) is 3.67. The van der Waals surface area contributed by atoms with Crippen LogP contribution in [0.3, 0.4) is 0 Å². The predicted octanol–water partition coefficient (Wildman–Crippen LogP) is 2.19. The molecule has 1 aromatic heterocycles. The monoisotopic (exact) mass is 343 g/mol. The van der Waals surface area contributed by atoms with Gasteiger partial charge in [0.25, 0.3) is 5.69 Å². The Morgan fingerprint density at radius 2 is 2.04 bits per heavy atom. The van der Waals surface area contributed by atoms with Crippen LogP contribution >= 0.6 is 0 Å². The molecule has 2 aromatic rings. The maximum Gasteiger partial charge on any atom is 0.269 e. The Morgan fingerprint density at radius 3 is 2.68 bits per heavy atom. The van der Waals surface area contributed by atoms with Gasteiger partial charge in [-0.3, -0.25) is 14.9 Å². The number of hydrogen-bond acceptors (Lipinski definition) is 5. The van der Waals surface area contributed by atoms with E-state index in [1.165, 1.54) is 12.1 Å². The molecule has 132 valence electrons. The first kappa shape index (κ1) is 17.1. The minimum Gasteiger partial charge on any atom is -0.346 e. The van der Waals surface area contributed by atoms with Gasteiger partial charge in [0.1, 0.15) is 5.82 Å². The lowest BCUT2D eigenvalue weighted by Gasteiger charge is -2.22. The van der Waals surface area contributed by atoms with Gasteiger partial charge in [0.15, 0.2) is 5.82 Å². The van der Waals surface area contributed by atoms with E-state index in [4.69, 9.17) is 0 Å². The zero-order chi connectivity index (χ0) is 18.0. The number of nitro benzene ring substituents is 1. The molecule has 1 aliphatic heterocycles. The van der Waals surface area contributed by atoms with Crippen molar-refractivity contribution in [2.24, 2.45) is 5.92 Å². The minimum absolute atomic E-state index is 0.0169. The average Bonchev–Trinajstić information content (AvgIpc) is 3.16. The second kappa shape index (κ2) is 7.00. The lowest BCUT2D eigenvalue weighted by Crippen LogP contribution is -2.34. The van der Waals surface area contributed by atoms with E-state index in [0.717, 1.165) is 36.6 Å². The summed E-state index contributed by atoms with van der Waals surface area (Å²) in [4.78, 5) is 22.7. The van der Waals surface area contributed by atoms with E-state index in [1.54, 1.807) is 12.1 Å². The number of carbonyl (C=O) groups is 1. The van der Waals surface area contributed by atoms with Gasteiger partial charge in [-0.25, -0.2) is 0 Å². The van der Waals surface area contributed by atoms with E-state index < -0.39 is 4.92 Å². The molecular weight excluding hydrogens is 322 g/mol. The lowest BCUT2D eigenvalue weighted by molar-refractivity contribution is -0.384. The largest absolute Gasteiger partial charge is 0.346 e. The first-order chi connectivity index (χ1) is 12.0. The summed E-state index contributed by atoms with van der Waals surface area (Å²) in [5, 5.41) is 22.2. The Labute approximate surface area is 145 Å². The third-order valence-corrected chi connectivity index (χ3v) is 4.41. The molecule has 1 N–H and O–H groups in total. The number of nitro groups is 1. The summed E-state index contributed by atoms with van der Waals surface area (Å²) in [5.41, 5.74) is 0.750. The number of aromatic nitrogens is 3. The first-order valence-electron chi connectivity index (χ1n) is 8.40. The predicted molar refractivity (Wildman–Crippen MR) is 90.9 cm³/mol. The van der Waals surface area contributed by atoms with Gasteiger partial charge in [-0.2, -0.15) is 0 Å². The van der Waals surface area contributed by atoms with Crippen molar-refractivity contribution >= 4 is 11.6 Å². The topological polar surface area (TPSA) is 103 Å². The number of hydrogen-bond donors (Lipinski definition) is 1. The molecule has 8 heteroatoms. The Bertz CT molecular complexity index is 782. The van der Waals surface area contributed by atoms with E-state index >= 15 is 0 Å². The highest BCUT2D eigenvalue weighted by molar-refractivity contribution is 5.79. The standard InChI is InChI=1S/C17H21N5O3/c1-11(2)16(17-20-19-14-4-3-9-21(14)17)18-15(23)10-12-5-7-13(8-6-12)22(24)25/h5-8,11,16H,3-4,9-10H2,1-2H3,(H,18,23)/t16-/m1/s1. The van der Waals surface area contributed by atoms with Crippen LogP contribution in [0.4, 0.5) is 5.69 Å². The van der Waals surface area contributed by atoms with Crippen LogP contribution in [0.1, 0.15) is 43.5 Å². The normalized spacial score (nSPS) is 14.4. The van der Waals surface area contributed by atoms with Crippen molar-refractivity contribution < 1.29 is 9.72 Å². The second-order valence-corrected chi connectivity index (χ2v) is 6.62. The van der Waals surface area contributed by atoms with Crippen LogP contribution in [0.15, 0.2) is 24.3 Å². The molecule has 1 atom stereocenters. The van der Waals surface area contributed by atoms with Gasteiger partial charge in [0, 0.05) is 25.1 Å². The number of rotatable bonds is 6. The van der Waals surface area contributed by atoms with Crippen molar-refractivity contribution in [1.29, 1.82) is 0 Å². The molecule has 0 spiro atoms. The number of aryl methyl sites for hydroxylation is 1. The number of benzene rings is 1. The van der Waals surface area contributed by atoms with Crippen LogP contribution in [0.25, 0.3) is 0 Å². The van der Waals surface area contributed by atoms with Gasteiger partial charge in [-0.1, -0.05) is 26.0 Å². The van der Waals surface area contributed by atoms with Gasteiger partial charge >= 0.3 is 0 Å². The fourth-order valence-electron chi connectivity index (χ4n) is 3.08. The van der Waals surface area contributed by atoms with E-state index in [0.29, 0.717) is 0 Å². The molecule has 2 heterocycles. The first-order valence-corrected chi connectivity index (χ1v) is 8.40. The molecule has 0 aliphatic carbocycles. The smallest absolute Gasteiger partial charge is 0.269 e. The van der Waals surface area contributed by atoms with Crippen molar-refractivity contribution in [3.05, 3.63) is 51.6 Å². The Balaban J connectivity index is 1.69. The number of nitrogens with zero attached hydrogens (tertiary/aromatic N) is 4. The maximum atomic E-state index is 12.4. The number of fused-ring (bicyclic) bond motifs is 1. The fraction of sp³-hybridized carbons (Fsp3) is 0.471. The van der Waals surface area contributed by atoms with Crippen molar-refractivity contribution in [2.45, 2.75) is 45.7 Å². The van der Waals surface area contributed by atoms with E-state index in [2.05, 4.69) is 20.1 Å². The third-order valence-electron chi connectivity index (χ3n) is 4.41. The van der Waals surface area contributed by atoms with Gasteiger partial charge in [0.05, 0.1) is 17.4 Å². The fourth-order valence-corrected chi connectivity index (χ4v) is 3.08. The van der Waals surface area contributed by atoms with Crippen LogP contribution in [0.5, 0.6) is 0 Å². The Morgan fingerprint density at radius 1 is 1.32 bits per heavy atom. The Hall–Kier alpha value is -2.77. The second-order valence-electron chi connectivity index (χ2n) is 6.62. The van der Waals surface area contributed by atoms with E-state index in [1.807, 2.05) is 13.8 Å². The molecule has 0 fully saturated rings. The molecule has 0 saturated heterocycles. The minimum atomic E-state index is -0.454. The van der Waals surface area contributed by atoms with Crippen LogP contribution in [-0.4, -0.2) is 25.6 Å². The summed E-state index contributed by atoms with van der Waals surface area (Å²) < 4.78 is 2.09. The maximum absolute atomic E-state index is 12.4. The SMILES string of the molecule is CC(C)[C@@H](NC(=O)Cc1ccc([N+](=O)[O-])cc1)c1nnc2n1CCC2. The number of nitrogens with one attached hydrogen (secondary N) is 1. The molecule has 1 aromatic carbocycles. The summed E-state index contributed by atoms with van der Waals surface area (Å²) >= 11 is 0. The van der Waals surface area contributed by atoms with Crippen LogP contribution in [-0.2, 0) is 24.2 Å². The van der Waals surface area contributed by atoms with Gasteiger partial charge in [-0.05, 0) is 17.9 Å². The summed E-state index contributed by atoms with van der Waals surface area (Å²) in [5.74, 6) is 1.82. The number of amides is 1. The van der Waals surface area contributed by atoms with Crippen molar-refractivity contribution in [3.8, 4) is 0 Å². The molecule has 3 rings (SSSR count). The van der Waals surface area contributed by atoms with E-state index in [-0.39, 0.29) is 30.0 Å². The summed E-state index contributed by atoms with van der Waals surface area (Å²) in [6.45, 7) is 4.96. The van der Waals surface area contributed by atoms with Crippen molar-refractivity contribution in [3.63, 3.8) is 0 Å². The molecule has 0 unspecified atom stereocenters.